The maximum Gasteiger partial charge on any atom is 0.412 e. The molecule has 0 unspecified atom stereocenters. The van der Waals surface area contributed by atoms with Crippen molar-refractivity contribution in [2.45, 2.75) is 19.4 Å². The number of amides is 2. The summed E-state index contributed by atoms with van der Waals surface area (Å²) in [5.74, 6) is -2.02. The van der Waals surface area contributed by atoms with Crippen LogP contribution in [0.4, 0.5) is 19.3 Å². The fourth-order valence-electron chi connectivity index (χ4n) is 2.64. The molecule has 0 aromatic heterocycles. The molecule has 1 atom stereocenters. The lowest BCUT2D eigenvalue weighted by Gasteiger charge is -2.20. The lowest BCUT2D eigenvalue weighted by molar-refractivity contribution is -0.124. The maximum absolute atomic E-state index is 13.8. The summed E-state index contributed by atoms with van der Waals surface area (Å²) in [6, 6.07) is 9.15. The molecule has 0 radical (unpaired) electrons. The number of anilines is 1. The average Bonchev–Trinajstić information content (AvgIpc) is 2.74. The Bertz CT molecular complexity index is 934. The number of hydrogen-bond donors (Lipinski definition) is 4. The van der Waals surface area contributed by atoms with Crippen LogP contribution in [0.3, 0.4) is 0 Å². The Morgan fingerprint density at radius 3 is 2.48 bits per heavy atom. The van der Waals surface area contributed by atoms with E-state index in [9.17, 15) is 18.4 Å². The first kappa shape index (κ1) is 23.8. The summed E-state index contributed by atoms with van der Waals surface area (Å²) in [5.41, 5.74) is 2.24. The number of hydroxylamine groups is 1. The standard InChI is InChI=1S/C21H22F2N2O6/c1-13(11-20(27)25-29)10-19(14-2-5-16(6-3-14)30-9-8-26)31-21(28)24-18-7-4-15(22)12-17(18)23/h2-7,11-12,19,26,29H,8-10H2,1H3,(H,24,28)(H,25,27)/b13-11+/t19-/m0/s1. The summed E-state index contributed by atoms with van der Waals surface area (Å²) in [5, 5.41) is 19.7. The van der Waals surface area contributed by atoms with Crippen LogP contribution in [0.1, 0.15) is 25.0 Å². The largest absolute Gasteiger partial charge is 0.491 e. The lowest BCUT2D eigenvalue weighted by Crippen LogP contribution is -2.19. The Kier molecular flexibility index (Phi) is 8.92. The fourth-order valence-corrected chi connectivity index (χ4v) is 2.64. The monoisotopic (exact) mass is 436 g/mol. The number of rotatable bonds is 9. The molecule has 0 aliphatic carbocycles. The van der Waals surface area contributed by atoms with Gasteiger partial charge in [0.1, 0.15) is 30.1 Å². The highest BCUT2D eigenvalue weighted by molar-refractivity contribution is 5.87. The lowest BCUT2D eigenvalue weighted by atomic mass is 10.0. The highest BCUT2D eigenvalue weighted by Gasteiger charge is 2.19. The Hall–Kier alpha value is -3.50. The number of hydrogen-bond acceptors (Lipinski definition) is 6. The normalized spacial score (nSPS) is 12.1. The van der Waals surface area contributed by atoms with Gasteiger partial charge in [-0.1, -0.05) is 17.7 Å². The van der Waals surface area contributed by atoms with Gasteiger partial charge in [0.2, 0.25) is 0 Å². The number of nitrogens with one attached hydrogen (secondary N) is 2. The van der Waals surface area contributed by atoms with Crippen molar-refractivity contribution in [2.24, 2.45) is 0 Å². The van der Waals surface area contributed by atoms with Gasteiger partial charge < -0.3 is 14.6 Å². The molecule has 166 valence electrons. The predicted molar refractivity (Wildman–Crippen MR) is 107 cm³/mol. The van der Waals surface area contributed by atoms with Crippen molar-refractivity contribution >= 4 is 17.7 Å². The van der Waals surface area contributed by atoms with Gasteiger partial charge in [-0.25, -0.2) is 19.1 Å². The highest BCUT2D eigenvalue weighted by atomic mass is 19.1. The molecule has 2 aromatic carbocycles. The number of carbonyl (C=O) groups is 2. The van der Waals surface area contributed by atoms with Crippen molar-refractivity contribution in [3.63, 3.8) is 0 Å². The minimum absolute atomic E-state index is 0.0869. The van der Waals surface area contributed by atoms with E-state index >= 15 is 0 Å². The Labute approximate surface area is 177 Å². The minimum atomic E-state index is -0.990. The van der Waals surface area contributed by atoms with Crippen molar-refractivity contribution in [1.82, 2.24) is 5.48 Å². The molecule has 0 aliphatic rings. The summed E-state index contributed by atoms with van der Waals surface area (Å²) >= 11 is 0. The maximum atomic E-state index is 13.8. The van der Waals surface area contributed by atoms with Gasteiger partial charge in [0, 0.05) is 18.6 Å². The highest BCUT2D eigenvalue weighted by Crippen LogP contribution is 2.28. The summed E-state index contributed by atoms with van der Waals surface area (Å²) in [7, 11) is 0. The van der Waals surface area contributed by atoms with Gasteiger partial charge in [0.25, 0.3) is 5.91 Å². The van der Waals surface area contributed by atoms with E-state index in [1.54, 1.807) is 31.2 Å². The zero-order valence-electron chi connectivity index (χ0n) is 16.6. The molecule has 2 rings (SSSR count). The Morgan fingerprint density at radius 1 is 1.16 bits per heavy atom. The van der Waals surface area contributed by atoms with Gasteiger partial charge in [-0.15, -0.1) is 0 Å². The molecule has 0 fully saturated rings. The quantitative estimate of drug-likeness (QED) is 0.272. The first-order valence-electron chi connectivity index (χ1n) is 9.20. The molecule has 31 heavy (non-hydrogen) atoms. The third-order valence-electron chi connectivity index (χ3n) is 4.02. The third-order valence-corrected chi connectivity index (χ3v) is 4.02. The van der Waals surface area contributed by atoms with Gasteiger partial charge in [-0.2, -0.15) is 0 Å². The van der Waals surface area contributed by atoms with Crippen LogP contribution in [0.2, 0.25) is 0 Å². The van der Waals surface area contributed by atoms with E-state index in [1.165, 1.54) is 5.48 Å². The molecule has 8 nitrogen and oxygen atoms in total. The smallest absolute Gasteiger partial charge is 0.412 e. The van der Waals surface area contributed by atoms with Crippen LogP contribution >= 0.6 is 0 Å². The SMILES string of the molecule is C/C(=C\C(=O)NO)C[C@H](OC(=O)Nc1ccc(F)cc1F)c1ccc(OCCO)cc1. The first-order chi connectivity index (χ1) is 14.8. The summed E-state index contributed by atoms with van der Waals surface area (Å²) in [6.45, 7) is 1.56. The molecule has 2 aromatic rings. The molecule has 0 bridgehead atoms. The van der Waals surface area contributed by atoms with Crippen molar-refractivity contribution in [1.29, 1.82) is 0 Å². The average molecular weight is 436 g/mol. The van der Waals surface area contributed by atoms with Crippen molar-refractivity contribution in [2.75, 3.05) is 18.5 Å². The van der Waals surface area contributed by atoms with Crippen LogP contribution in [0.15, 0.2) is 54.1 Å². The molecule has 0 spiro atoms. The van der Waals surface area contributed by atoms with Gasteiger partial charge in [-0.3, -0.25) is 15.3 Å². The second-order valence-corrected chi connectivity index (χ2v) is 6.46. The minimum Gasteiger partial charge on any atom is -0.491 e. The molecule has 4 N–H and O–H groups in total. The number of carbonyl (C=O) groups excluding carboxylic acids is 2. The Balaban J connectivity index is 2.19. The van der Waals surface area contributed by atoms with E-state index in [0.29, 0.717) is 23.0 Å². The number of benzene rings is 2. The van der Waals surface area contributed by atoms with Gasteiger partial charge in [0.05, 0.1) is 12.3 Å². The summed E-state index contributed by atoms with van der Waals surface area (Å²) < 4.78 is 37.5. The molecule has 0 saturated heterocycles. The topological polar surface area (TPSA) is 117 Å². The summed E-state index contributed by atoms with van der Waals surface area (Å²) in [6.07, 6.45) is -0.649. The first-order valence-corrected chi connectivity index (χ1v) is 9.20. The van der Waals surface area contributed by atoms with Crippen LogP contribution < -0.4 is 15.5 Å². The van der Waals surface area contributed by atoms with Gasteiger partial charge in [-0.05, 0) is 36.8 Å². The molecular formula is C21H22F2N2O6. The van der Waals surface area contributed by atoms with Crippen LogP contribution in [0, 0.1) is 11.6 Å². The van der Waals surface area contributed by atoms with Crippen LogP contribution in [-0.2, 0) is 9.53 Å². The molecular weight excluding hydrogens is 414 g/mol. The van der Waals surface area contributed by atoms with Gasteiger partial charge in [0.15, 0.2) is 0 Å². The number of halogens is 2. The van der Waals surface area contributed by atoms with E-state index in [2.05, 4.69) is 5.32 Å². The second-order valence-electron chi connectivity index (χ2n) is 6.46. The third kappa shape index (κ3) is 7.68. The van der Waals surface area contributed by atoms with Gasteiger partial charge >= 0.3 is 6.09 Å². The van der Waals surface area contributed by atoms with Crippen molar-refractivity contribution < 1.29 is 38.2 Å². The number of aliphatic hydroxyl groups is 1. The van der Waals surface area contributed by atoms with E-state index < -0.39 is 29.7 Å². The van der Waals surface area contributed by atoms with Crippen LogP contribution in [0.5, 0.6) is 5.75 Å². The zero-order valence-corrected chi connectivity index (χ0v) is 16.6. The fraction of sp³-hybridized carbons (Fsp3) is 0.238. The van der Waals surface area contributed by atoms with Crippen LogP contribution in [0.25, 0.3) is 0 Å². The zero-order chi connectivity index (χ0) is 22.8. The number of aliphatic hydroxyl groups excluding tert-OH is 1. The van der Waals surface area contributed by atoms with Crippen molar-refractivity contribution in [3.8, 4) is 5.75 Å². The molecule has 2 amide bonds. The molecule has 0 saturated carbocycles. The Morgan fingerprint density at radius 2 is 1.87 bits per heavy atom. The molecule has 10 heteroatoms. The second kappa shape index (κ2) is 11.6. The molecule has 0 heterocycles. The van der Waals surface area contributed by atoms with E-state index in [0.717, 1.165) is 18.2 Å². The molecule has 0 aliphatic heterocycles. The van der Waals surface area contributed by atoms with E-state index in [4.69, 9.17) is 19.8 Å². The van der Waals surface area contributed by atoms with Crippen molar-refractivity contribution in [3.05, 3.63) is 71.3 Å². The van der Waals surface area contributed by atoms with E-state index in [1.807, 2.05) is 0 Å². The predicted octanol–water partition coefficient (Wildman–Crippen LogP) is 3.47. The number of ether oxygens (including phenoxy) is 2. The van der Waals surface area contributed by atoms with Crippen LogP contribution in [-0.4, -0.2) is 35.5 Å². The summed E-state index contributed by atoms with van der Waals surface area (Å²) in [4.78, 5) is 23.7. The van der Waals surface area contributed by atoms with E-state index in [-0.39, 0.29) is 25.3 Å².